The molecule has 2 bridgehead atoms. The number of carbonyl (C=O) groups is 4. The van der Waals surface area contributed by atoms with Crippen LogP contribution in [-0.4, -0.2) is 117 Å². The summed E-state index contributed by atoms with van der Waals surface area (Å²) in [6, 6.07) is 13.3. The summed E-state index contributed by atoms with van der Waals surface area (Å²) in [6.45, 7) is 5.42. The van der Waals surface area contributed by atoms with E-state index in [1.165, 1.54) is 9.58 Å². The first-order valence-electron chi connectivity index (χ1n) is 17.4. The van der Waals surface area contributed by atoms with Crippen LogP contribution < -0.4 is 27.0 Å². The Labute approximate surface area is 302 Å². The van der Waals surface area contributed by atoms with E-state index < -0.39 is 72.1 Å². The SMILES string of the molecule is CC(C)(C)[C@H]1C(=O)N2C[C@H](O)C[C@H]2C(=O)N[C@H](Cc2ccc(-c3ccccc3)cc2)C(=O)NCC(=O)N[C@H](CN)C(O)NCCOCc2cn1nn2. The molecule has 16 nitrogen and oxygen atoms in total. The third-order valence-electron chi connectivity index (χ3n) is 9.13. The average molecular weight is 720 g/mol. The molecule has 280 valence electrons. The number of nitrogens with two attached hydrogens (primary N) is 1. The molecular weight excluding hydrogens is 670 g/mol. The summed E-state index contributed by atoms with van der Waals surface area (Å²) >= 11 is 0. The molecule has 0 radical (unpaired) electrons. The molecule has 4 amide bonds. The van der Waals surface area contributed by atoms with Gasteiger partial charge in [0.2, 0.25) is 23.6 Å². The van der Waals surface area contributed by atoms with Crippen molar-refractivity contribution in [2.45, 2.75) is 76.7 Å². The smallest absolute Gasteiger partial charge is 0.248 e. The summed E-state index contributed by atoms with van der Waals surface area (Å²) in [5, 5.41) is 40.6. The number of carbonyl (C=O) groups excluding carboxylic acids is 4. The molecule has 2 aliphatic rings. The Balaban J connectivity index is 1.43. The third-order valence-corrected chi connectivity index (χ3v) is 9.13. The van der Waals surface area contributed by atoms with Gasteiger partial charge in [-0.25, -0.2) is 4.68 Å². The quantitative estimate of drug-likeness (QED) is 0.177. The standard InChI is InChI=1S/C36H49N9O7/c1-36(2,3)31-35(51)44-20-26(46)16-29(44)34(50)41-27(15-22-9-11-24(12-10-22)23-7-5-4-6-8-23)32(48)39-18-30(47)40-28(17-37)33(49)38-13-14-52-21-25-19-45(31)43-42-25/h4-12,19,26-29,31,33,38,46,49H,13-18,20-21,37H2,1-3H3,(H,39,48)(H,40,47)(H,41,50)/t26-,27-,28-,29+,31-,33?/m1/s1. The van der Waals surface area contributed by atoms with Crippen LogP contribution in [0.15, 0.2) is 60.8 Å². The van der Waals surface area contributed by atoms with E-state index >= 15 is 0 Å². The van der Waals surface area contributed by atoms with Crippen molar-refractivity contribution in [1.29, 1.82) is 0 Å². The van der Waals surface area contributed by atoms with Crippen LogP contribution in [0.5, 0.6) is 0 Å². The van der Waals surface area contributed by atoms with Gasteiger partial charge < -0.3 is 41.5 Å². The van der Waals surface area contributed by atoms with Crippen molar-refractivity contribution in [3.63, 3.8) is 0 Å². The number of nitrogens with zero attached hydrogens (tertiary/aromatic N) is 4. The minimum absolute atomic E-state index is 0.0375. The summed E-state index contributed by atoms with van der Waals surface area (Å²) in [4.78, 5) is 56.2. The van der Waals surface area contributed by atoms with Gasteiger partial charge >= 0.3 is 0 Å². The first-order valence-corrected chi connectivity index (χ1v) is 17.4. The Bertz CT molecular complexity index is 1680. The molecule has 3 aromatic rings. The molecule has 16 heteroatoms. The normalized spacial score (nSPS) is 26.0. The van der Waals surface area contributed by atoms with Crippen molar-refractivity contribution in [1.82, 2.24) is 41.2 Å². The molecule has 1 aromatic heterocycles. The van der Waals surface area contributed by atoms with Gasteiger partial charge in [0.15, 0.2) is 0 Å². The minimum atomic E-state index is -1.21. The highest BCUT2D eigenvalue weighted by Gasteiger charge is 2.46. The van der Waals surface area contributed by atoms with Crippen LogP contribution in [0.4, 0.5) is 0 Å². The fourth-order valence-corrected chi connectivity index (χ4v) is 6.44. The molecule has 6 atom stereocenters. The van der Waals surface area contributed by atoms with E-state index in [0.29, 0.717) is 5.69 Å². The number of amides is 4. The number of benzene rings is 2. The van der Waals surface area contributed by atoms with Gasteiger partial charge in [-0.15, -0.1) is 5.10 Å². The lowest BCUT2D eigenvalue weighted by molar-refractivity contribution is -0.144. The minimum Gasteiger partial charge on any atom is -0.391 e. The Morgan fingerprint density at radius 1 is 0.962 bits per heavy atom. The number of aromatic nitrogens is 3. The van der Waals surface area contributed by atoms with E-state index in [1.54, 1.807) is 6.20 Å². The van der Waals surface area contributed by atoms with E-state index in [0.717, 1.165) is 16.7 Å². The first-order chi connectivity index (χ1) is 24.8. The maximum absolute atomic E-state index is 14.3. The lowest BCUT2D eigenvalue weighted by Crippen LogP contribution is -2.57. The van der Waals surface area contributed by atoms with Crippen molar-refractivity contribution in [3.05, 3.63) is 72.1 Å². The van der Waals surface area contributed by atoms with Gasteiger partial charge in [-0.3, -0.25) is 24.5 Å². The Hall–Kier alpha value is -4.74. The largest absolute Gasteiger partial charge is 0.391 e. The number of hydrogen-bond acceptors (Lipinski definition) is 11. The van der Waals surface area contributed by atoms with Gasteiger partial charge in [0.05, 0.1) is 38.1 Å². The van der Waals surface area contributed by atoms with Gasteiger partial charge in [-0.2, -0.15) is 0 Å². The van der Waals surface area contributed by atoms with Crippen LogP contribution >= 0.6 is 0 Å². The molecule has 52 heavy (non-hydrogen) atoms. The van der Waals surface area contributed by atoms with Crippen LogP contribution in [0, 0.1) is 5.41 Å². The zero-order chi connectivity index (χ0) is 37.4. The summed E-state index contributed by atoms with van der Waals surface area (Å²) in [7, 11) is 0. The highest BCUT2D eigenvalue weighted by molar-refractivity contribution is 5.94. The summed E-state index contributed by atoms with van der Waals surface area (Å²) in [5.74, 6) is -2.31. The van der Waals surface area contributed by atoms with Crippen LogP contribution in [0.25, 0.3) is 11.1 Å². The summed E-state index contributed by atoms with van der Waals surface area (Å²) < 4.78 is 7.12. The predicted molar refractivity (Wildman–Crippen MR) is 190 cm³/mol. The molecule has 8 N–H and O–H groups in total. The fourth-order valence-electron chi connectivity index (χ4n) is 6.44. The lowest BCUT2D eigenvalue weighted by atomic mass is 9.85. The molecular formula is C36H49N9O7. The molecule has 1 saturated heterocycles. The molecule has 0 aliphatic carbocycles. The molecule has 2 aromatic carbocycles. The van der Waals surface area contributed by atoms with Crippen molar-refractivity contribution < 1.29 is 34.1 Å². The van der Waals surface area contributed by atoms with Crippen LogP contribution in [0.2, 0.25) is 0 Å². The average Bonchev–Trinajstić information content (AvgIpc) is 3.75. The summed E-state index contributed by atoms with van der Waals surface area (Å²) in [6.07, 6.45) is -0.548. The topological polar surface area (TPSA) is 226 Å². The molecule has 1 unspecified atom stereocenters. The second-order valence-corrected chi connectivity index (χ2v) is 14.3. The van der Waals surface area contributed by atoms with Crippen molar-refractivity contribution in [2.24, 2.45) is 11.1 Å². The predicted octanol–water partition coefficient (Wildman–Crippen LogP) is -0.780. The molecule has 3 heterocycles. The number of aliphatic hydroxyl groups excluding tert-OH is 2. The van der Waals surface area contributed by atoms with E-state index in [9.17, 15) is 29.4 Å². The Kier molecular flexibility index (Phi) is 12.7. The number of fused-ring (bicyclic) bond motifs is 3. The monoisotopic (exact) mass is 719 g/mol. The number of nitrogens with one attached hydrogen (secondary N) is 4. The van der Waals surface area contributed by atoms with Gasteiger partial charge in [0, 0.05) is 32.5 Å². The molecule has 0 saturated carbocycles. The number of rotatable bonds is 4. The highest BCUT2D eigenvalue weighted by Crippen LogP contribution is 2.34. The van der Waals surface area contributed by atoms with Gasteiger partial charge in [0.1, 0.15) is 30.0 Å². The summed E-state index contributed by atoms with van der Waals surface area (Å²) in [5.41, 5.74) is 8.32. The maximum Gasteiger partial charge on any atom is 0.248 e. The second kappa shape index (κ2) is 17.2. The van der Waals surface area contributed by atoms with Gasteiger partial charge in [0.25, 0.3) is 0 Å². The van der Waals surface area contributed by atoms with Crippen molar-refractivity contribution in [2.75, 3.05) is 32.8 Å². The van der Waals surface area contributed by atoms with E-state index in [4.69, 9.17) is 10.5 Å². The molecule has 1 fully saturated rings. The Morgan fingerprint density at radius 3 is 2.37 bits per heavy atom. The van der Waals surface area contributed by atoms with E-state index in [2.05, 4.69) is 31.6 Å². The van der Waals surface area contributed by atoms with E-state index in [-0.39, 0.29) is 45.7 Å². The van der Waals surface area contributed by atoms with Crippen LogP contribution in [0.1, 0.15) is 44.5 Å². The number of ether oxygens (including phenoxy) is 1. The highest BCUT2D eigenvalue weighted by atomic mass is 16.5. The molecule has 5 rings (SSSR count). The van der Waals surface area contributed by atoms with Crippen molar-refractivity contribution in [3.8, 4) is 11.1 Å². The second-order valence-electron chi connectivity index (χ2n) is 14.3. The first kappa shape index (κ1) is 38.5. The fraction of sp³-hybridized carbons (Fsp3) is 0.500. The number of hydrogen-bond donors (Lipinski definition) is 7. The lowest BCUT2D eigenvalue weighted by Gasteiger charge is -2.35. The zero-order valence-corrected chi connectivity index (χ0v) is 29.7. The van der Waals surface area contributed by atoms with E-state index in [1.807, 2.05) is 75.4 Å². The zero-order valence-electron chi connectivity index (χ0n) is 29.7. The van der Waals surface area contributed by atoms with Crippen molar-refractivity contribution >= 4 is 23.6 Å². The van der Waals surface area contributed by atoms with Gasteiger partial charge in [-0.1, -0.05) is 80.6 Å². The van der Waals surface area contributed by atoms with Crippen LogP contribution in [-0.2, 0) is 36.9 Å². The third kappa shape index (κ3) is 9.77. The molecule has 0 spiro atoms. The maximum atomic E-state index is 14.3. The number of aliphatic hydroxyl groups is 2. The molecule has 2 aliphatic heterocycles. The van der Waals surface area contributed by atoms with Crippen LogP contribution in [0.3, 0.4) is 0 Å². The van der Waals surface area contributed by atoms with Gasteiger partial charge in [-0.05, 0) is 22.1 Å². The Morgan fingerprint density at radius 2 is 1.67 bits per heavy atom.